The summed E-state index contributed by atoms with van der Waals surface area (Å²) in [5.41, 5.74) is 2.29. The molecule has 1 N–H and O–H groups in total. The summed E-state index contributed by atoms with van der Waals surface area (Å²) in [7, 11) is 4.35. The number of likely N-dealkylation sites (N-methyl/N-ethyl adjacent to an activating group) is 1. The number of pyridine rings is 1. The van der Waals surface area contributed by atoms with Gasteiger partial charge in [0.15, 0.2) is 0 Å². The molecular formula is C20H27N3O. The predicted octanol–water partition coefficient (Wildman–Crippen LogP) is 3.09. The number of rotatable bonds is 9. The number of nitrogens with one attached hydrogen (secondary N) is 1. The smallest absolute Gasteiger partial charge is 0.124 e. The average molecular weight is 325 g/mol. The van der Waals surface area contributed by atoms with E-state index < -0.39 is 0 Å². The summed E-state index contributed by atoms with van der Waals surface area (Å²) < 4.78 is 6.00. The summed E-state index contributed by atoms with van der Waals surface area (Å²) in [5, 5.41) is 3.61. The summed E-state index contributed by atoms with van der Waals surface area (Å²) in [4.78, 5) is 6.47. The number of aromatic nitrogens is 1. The lowest BCUT2D eigenvalue weighted by Crippen LogP contribution is -2.39. The highest BCUT2D eigenvalue weighted by molar-refractivity contribution is 5.33. The van der Waals surface area contributed by atoms with Gasteiger partial charge in [-0.2, -0.15) is 0 Å². The Morgan fingerprint density at radius 2 is 2.04 bits per heavy atom. The third-order valence-corrected chi connectivity index (χ3v) is 4.59. The van der Waals surface area contributed by atoms with Gasteiger partial charge in [0.05, 0.1) is 0 Å². The topological polar surface area (TPSA) is 37.4 Å². The maximum Gasteiger partial charge on any atom is 0.124 e. The molecule has 1 atom stereocenters. The molecule has 1 aromatic heterocycles. The summed E-state index contributed by atoms with van der Waals surface area (Å²) in [6.45, 7) is 2.40. The van der Waals surface area contributed by atoms with Crippen LogP contribution in [0.4, 0.5) is 0 Å². The van der Waals surface area contributed by atoms with Crippen LogP contribution in [-0.2, 0) is 13.2 Å². The highest BCUT2D eigenvalue weighted by Gasteiger charge is 2.32. The number of benzene rings is 1. The SMILES string of the molecule is CN(C)C(CNCc1ccccc1OCc1cccnc1)C1CC1. The maximum atomic E-state index is 6.00. The molecule has 4 nitrogen and oxygen atoms in total. The van der Waals surface area contributed by atoms with E-state index in [1.165, 1.54) is 18.4 Å². The summed E-state index contributed by atoms with van der Waals surface area (Å²) in [6, 6.07) is 12.9. The van der Waals surface area contributed by atoms with Gasteiger partial charge >= 0.3 is 0 Å². The van der Waals surface area contributed by atoms with Crippen molar-refractivity contribution < 1.29 is 4.74 Å². The van der Waals surface area contributed by atoms with Crippen LogP contribution < -0.4 is 10.1 Å². The van der Waals surface area contributed by atoms with Crippen molar-refractivity contribution in [1.29, 1.82) is 0 Å². The Morgan fingerprint density at radius 1 is 1.21 bits per heavy atom. The molecule has 0 amide bonds. The quantitative estimate of drug-likeness (QED) is 0.769. The normalized spacial score (nSPS) is 15.5. The predicted molar refractivity (Wildman–Crippen MR) is 96.9 cm³/mol. The zero-order valence-corrected chi connectivity index (χ0v) is 14.6. The van der Waals surface area contributed by atoms with E-state index in [0.717, 1.165) is 30.3 Å². The first kappa shape index (κ1) is 16.9. The van der Waals surface area contributed by atoms with E-state index in [2.05, 4.69) is 41.4 Å². The molecule has 24 heavy (non-hydrogen) atoms. The standard InChI is InChI=1S/C20H27N3O/c1-23(2)19(17-9-10-17)14-22-13-18-7-3-4-8-20(18)24-15-16-6-5-11-21-12-16/h3-8,11-12,17,19,22H,9-10,13-15H2,1-2H3. The van der Waals surface area contributed by atoms with Gasteiger partial charge in [0.25, 0.3) is 0 Å². The second-order valence-corrected chi connectivity index (χ2v) is 6.76. The number of nitrogens with zero attached hydrogens (tertiary/aromatic N) is 2. The summed E-state index contributed by atoms with van der Waals surface area (Å²) >= 11 is 0. The third kappa shape index (κ3) is 4.79. The highest BCUT2D eigenvalue weighted by atomic mass is 16.5. The van der Waals surface area contributed by atoms with Gasteiger partial charge in [-0.05, 0) is 45.0 Å². The molecule has 1 heterocycles. The van der Waals surface area contributed by atoms with Crippen LogP contribution in [0.1, 0.15) is 24.0 Å². The molecule has 1 aliphatic rings. The van der Waals surface area contributed by atoms with Crippen LogP contribution in [0, 0.1) is 5.92 Å². The molecule has 0 radical (unpaired) electrons. The van der Waals surface area contributed by atoms with Gasteiger partial charge in [0.1, 0.15) is 12.4 Å². The van der Waals surface area contributed by atoms with Crippen molar-refractivity contribution in [2.24, 2.45) is 5.92 Å². The molecule has 0 aliphatic heterocycles. The van der Waals surface area contributed by atoms with Crippen molar-refractivity contribution in [2.45, 2.75) is 32.0 Å². The molecule has 1 aromatic carbocycles. The van der Waals surface area contributed by atoms with Gasteiger partial charge in [-0.1, -0.05) is 24.3 Å². The third-order valence-electron chi connectivity index (χ3n) is 4.59. The number of ether oxygens (including phenoxy) is 1. The minimum atomic E-state index is 0.549. The van der Waals surface area contributed by atoms with Gasteiger partial charge in [0.2, 0.25) is 0 Å². The lowest BCUT2D eigenvalue weighted by Gasteiger charge is -2.24. The van der Waals surface area contributed by atoms with Gasteiger partial charge in [-0.3, -0.25) is 4.98 Å². The molecule has 1 fully saturated rings. The molecule has 128 valence electrons. The highest BCUT2D eigenvalue weighted by Crippen LogP contribution is 2.34. The van der Waals surface area contributed by atoms with Gasteiger partial charge in [-0.15, -0.1) is 0 Å². The second kappa shape index (κ2) is 8.27. The first-order valence-corrected chi connectivity index (χ1v) is 8.71. The van der Waals surface area contributed by atoms with E-state index in [4.69, 9.17) is 4.74 Å². The fraction of sp³-hybridized carbons (Fsp3) is 0.450. The zero-order valence-electron chi connectivity index (χ0n) is 14.6. The van der Waals surface area contributed by atoms with E-state index >= 15 is 0 Å². The van der Waals surface area contributed by atoms with Gasteiger partial charge < -0.3 is 15.0 Å². The fourth-order valence-electron chi connectivity index (χ4n) is 3.04. The van der Waals surface area contributed by atoms with Crippen molar-refractivity contribution in [3.63, 3.8) is 0 Å². The molecule has 0 saturated heterocycles. The van der Waals surface area contributed by atoms with Crippen LogP contribution in [0.25, 0.3) is 0 Å². The molecule has 1 unspecified atom stereocenters. The summed E-state index contributed by atoms with van der Waals surface area (Å²) in [6.07, 6.45) is 6.37. The van der Waals surface area contributed by atoms with Crippen LogP contribution >= 0.6 is 0 Å². The Hall–Kier alpha value is -1.91. The van der Waals surface area contributed by atoms with Crippen molar-refractivity contribution in [2.75, 3.05) is 20.6 Å². The molecule has 2 aromatic rings. The molecule has 1 saturated carbocycles. The van der Waals surface area contributed by atoms with Crippen molar-refractivity contribution in [3.8, 4) is 5.75 Å². The first-order valence-electron chi connectivity index (χ1n) is 8.71. The Kier molecular flexibility index (Phi) is 5.83. The zero-order chi connectivity index (χ0) is 16.8. The van der Waals surface area contributed by atoms with Crippen molar-refractivity contribution in [3.05, 3.63) is 59.9 Å². The lowest BCUT2D eigenvalue weighted by molar-refractivity contribution is 0.254. The molecule has 3 rings (SSSR count). The van der Waals surface area contributed by atoms with Crippen molar-refractivity contribution in [1.82, 2.24) is 15.2 Å². The van der Waals surface area contributed by atoms with Crippen LogP contribution in [0.2, 0.25) is 0 Å². The van der Waals surface area contributed by atoms with E-state index in [9.17, 15) is 0 Å². The minimum Gasteiger partial charge on any atom is -0.489 e. The molecule has 0 bridgehead atoms. The van der Waals surface area contributed by atoms with E-state index in [-0.39, 0.29) is 0 Å². The monoisotopic (exact) mass is 325 g/mol. The molecule has 1 aliphatic carbocycles. The van der Waals surface area contributed by atoms with E-state index in [1.54, 1.807) is 6.20 Å². The molecular weight excluding hydrogens is 298 g/mol. The lowest BCUT2D eigenvalue weighted by atomic mass is 10.1. The molecule has 0 spiro atoms. The van der Waals surface area contributed by atoms with Gasteiger partial charge in [-0.25, -0.2) is 0 Å². The van der Waals surface area contributed by atoms with Crippen LogP contribution in [0.3, 0.4) is 0 Å². The number of para-hydroxylation sites is 1. The Bertz CT molecular complexity index is 624. The van der Waals surface area contributed by atoms with E-state index in [1.807, 2.05) is 30.5 Å². The number of hydrogen-bond donors (Lipinski definition) is 1. The van der Waals surface area contributed by atoms with Crippen LogP contribution in [-0.4, -0.2) is 36.6 Å². The Labute approximate surface area is 144 Å². The van der Waals surface area contributed by atoms with Crippen molar-refractivity contribution >= 4 is 0 Å². The minimum absolute atomic E-state index is 0.549. The Morgan fingerprint density at radius 3 is 2.75 bits per heavy atom. The number of hydrogen-bond acceptors (Lipinski definition) is 4. The van der Waals surface area contributed by atoms with E-state index in [0.29, 0.717) is 12.6 Å². The van der Waals surface area contributed by atoms with Crippen LogP contribution in [0.15, 0.2) is 48.8 Å². The van der Waals surface area contributed by atoms with Crippen LogP contribution in [0.5, 0.6) is 5.75 Å². The molecule has 4 heteroatoms. The van der Waals surface area contributed by atoms with Gasteiger partial charge in [0, 0.05) is 42.7 Å². The average Bonchev–Trinajstić information content (AvgIpc) is 3.43. The fourth-order valence-corrected chi connectivity index (χ4v) is 3.04. The second-order valence-electron chi connectivity index (χ2n) is 6.76. The first-order chi connectivity index (χ1) is 11.7. The summed E-state index contributed by atoms with van der Waals surface area (Å²) in [5.74, 6) is 1.81. The maximum absolute atomic E-state index is 6.00. The largest absolute Gasteiger partial charge is 0.489 e. The Balaban J connectivity index is 1.53.